The van der Waals surface area contributed by atoms with Crippen LogP contribution in [-0.2, 0) is 11.3 Å². The molecule has 1 rings (SSSR count). The van der Waals surface area contributed by atoms with E-state index in [0.29, 0.717) is 0 Å². The second-order valence-corrected chi connectivity index (χ2v) is 6.02. The Morgan fingerprint density at radius 3 is 2.53 bits per heavy atom. The summed E-state index contributed by atoms with van der Waals surface area (Å²) in [5, 5.41) is 3.37. The molecule has 0 saturated heterocycles. The van der Waals surface area contributed by atoms with E-state index in [4.69, 9.17) is 4.74 Å². The van der Waals surface area contributed by atoms with E-state index in [0.717, 1.165) is 36.7 Å². The van der Waals surface area contributed by atoms with Crippen molar-refractivity contribution in [3.63, 3.8) is 0 Å². The largest absolute Gasteiger partial charge is 0.373 e. The van der Waals surface area contributed by atoms with Crippen molar-refractivity contribution in [2.24, 2.45) is 5.41 Å². The molecule has 0 amide bonds. The summed E-state index contributed by atoms with van der Waals surface area (Å²) in [4.78, 5) is 9.18. The lowest BCUT2D eigenvalue weighted by Gasteiger charge is -2.28. The van der Waals surface area contributed by atoms with Gasteiger partial charge < -0.3 is 10.1 Å². The molecule has 1 atom stereocenters. The summed E-state index contributed by atoms with van der Waals surface area (Å²) in [5.41, 5.74) is 2.00. The Morgan fingerprint density at radius 1 is 1.32 bits per heavy atom. The topological polar surface area (TPSA) is 47.0 Å². The Kier molecular flexibility index (Phi) is 5.88. The molecule has 0 spiro atoms. The standard InChI is InChI=1S/C15H27N3O/c1-7-8-16-10-12-9-11(2)17-14(18-12)13(19-6)15(3,4)5/h9,13,16H,7-8,10H2,1-6H3. The third-order valence-electron chi connectivity index (χ3n) is 2.91. The van der Waals surface area contributed by atoms with Gasteiger partial charge in [0, 0.05) is 19.3 Å². The number of aryl methyl sites for hydroxylation is 1. The van der Waals surface area contributed by atoms with Crippen LogP contribution in [0.25, 0.3) is 0 Å². The van der Waals surface area contributed by atoms with Crippen LogP contribution in [0.2, 0.25) is 0 Å². The Bertz CT molecular complexity index is 399. The third kappa shape index (κ3) is 4.88. The molecule has 1 N–H and O–H groups in total. The van der Waals surface area contributed by atoms with Gasteiger partial charge in [0.2, 0.25) is 0 Å². The van der Waals surface area contributed by atoms with E-state index >= 15 is 0 Å². The molecule has 1 unspecified atom stereocenters. The van der Waals surface area contributed by atoms with Crippen molar-refractivity contribution in [3.8, 4) is 0 Å². The lowest BCUT2D eigenvalue weighted by atomic mass is 9.88. The summed E-state index contributed by atoms with van der Waals surface area (Å²) in [5.74, 6) is 0.781. The van der Waals surface area contributed by atoms with E-state index in [-0.39, 0.29) is 11.5 Å². The van der Waals surface area contributed by atoms with Crippen molar-refractivity contribution in [1.82, 2.24) is 15.3 Å². The van der Waals surface area contributed by atoms with Gasteiger partial charge >= 0.3 is 0 Å². The molecule has 19 heavy (non-hydrogen) atoms. The highest BCUT2D eigenvalue weighted by molar-refractivity contribution is 5.12. The molecule has 0 aromatic carbocycles. The number of methoxy groups -OCH3 is 1. The molecule has 0 bridgehead atoms. The Labute approximate surface area is 117 Å². The van der Waals surface area contributed by atoms with Crippen LogP contribution in [0, 0.1) is 12.3 Å². The first-order valence-corrected chi connectivity index (χ1v) is 6.96. The van der Waals surface area contributed by atoms with Crippen molar-refractivity contribution in [3.05, 3.63) is 23.3 Å². The molecule has 0 fully saturated rings. The molecule has 0 radical (unpaired) electrons. The van der Waals surface area contributed by atoms with Gasteiger partial charge in [-0.2, -0.15) is 0 Å². The molecule has 4 heteroatoms. The zero-order valence-electron chi connectivity index (χ0n) is 13.1. The molecule has 0 aliphatic heterocycles. The molecule has 1 heterocycles. The quantitative estimate of drug-likeness (QED) is 0.803. The Balaban J connectivity index is 2.94. The maximum atomic E-state index is 5.59. The number of hydrogen-bond acceptors (Lipinski definition) is 4. The number of rotatable bonds is 6. The van der Waals surface area contributed by atoms with Crippen molar-refractivity contribution in [2.45, 2.75) is 53.7 Å². The van der Waals surface area contributed by atoms with E-state index in [1.54, 1.807) is 7.11 Å². The minimum atomic E-state index is -0.0858. The summed E-state index contributed by atoms with van der Waals surface area (Å²) in [6, 6.07) is 2.03. The van der Waals surface area contributed by atoms with Crippen molar-refractivity contribution < 1.29 is 4.74 Å². The van der Waals surface area contributed by atoms with E-state index in [1.807, 2.05) is 13.0 Å². The van der Waals surface area contributed by atoms with Gasteiger partial charge in [0.05, 0.1) is 5.69 Å². The van der Waals surface area contributed by atoms with Gasteiger partial charge in [-0.15, -0.1) is 0 Å². The lowest BCUT2D eigenvalue weighted by Crippen LogP contribution is -2.24. The molecule has 0 aliphatic carbocycles. The molecule has 0 aliphatic rings. The zero-order valence-corrected chi connectivity index (χ0v) is 13.1. The first-order chi connectivity index (χ1) is 8.88. The highest BCUT2D eigenvalue weighted by atomic mass is 16.5. The van der Waals surface area contributed by atoms with Crippen LogP contribution in [0.15, 0.2) is 6.07 Å². The van der Waals surface area contributed by atoms with Crippen LogP contribution < -0.4 is 5.32 Å². The first-order valence-electron chi connectivity index (χ1n) is 6.96. The number of nitrogens with zero attached hydrogens (tertiary/aromatic N) is 2. The fourth-order valence-corrected chi connectivity index (χ4v) is 2.11. The van der Waals surface area contributed by atoms with Gasteiger partial charge in [-0.3, -0.25) is 0 Å². The fourth-order valence-electron chi connectivity index (χ4n) is 2.11. The second-order valence-electron chi connectivity index (χ2n) is 6.02. The normalized spacial score (nSPS) is 13.6. The monoisotopic (exact) mass is 265 g/mol. The van der Waals surface area contributed by atoms with Crippen molar-refractivity contribution in [2.75, 3.05) is 13.7 Å². The summed E-state index contributed by atoms with van der Waals surface area (Å²) in [6.07, 6.45) is 1.04. The zero-order chi connectivity index (χ0) is 14.5. The van der Waals surface area contributed by atoms with Crippen LogP contribution in [0.5, 0.6) is 0 Å². The molecule has 1 aromatic heterocycles. The molecule has 1 aromatic rings. The molecule has 4 nitrogen and oxygen atoms in total. The summed E-state index contributed by atoms with van der Waals surface area (Å²) >= 11 is 0. The smallest absolute Gasteiger partial charge is 0.158 e. The van der Waals surface area contributed by atoms with Gasteiger partial charge in [-0.25, -0.2) is 9.97 Å². The van der Waals surface area contributed by atoms with E-state index in [9.17, 15) is 0 Å². The average Bonchev–Trinajstić information content (AvgIpc) is 2.27. The molecule has 0 saturated carbocycles. The molecular formula is C15H27N3O. The minimum absolute atomic E-state index is 0.0172. The summed E-state index contributed by atoms with van der Waals surface area (Å²) in [7, 11) is 1.72. The van der Waals surface area contributed by atoms with Gasteiger partial charge in [-0.1, -0.05) is 27.7 Å². The van der Waals surface area contributed by atoms with Crippen molar-refractivity contribution >= 4 is 0 Å². The Morgan fingerprint density at radius 2 is 2.00 bits per heavy atom. The van der Waals surface area contributed by atoms with Gasteiger partial charge in [0.15, 0.2) is 5.82 Å². The highest BCUT2D eigenvalue weighted by Gasteiger charge is 2.29. The fraction of sp³-hybridized carbons (Fsp3) is 0.733. The maximum Gasteiger partial charge on any atom is 0.158 e. The maximum absolute atomic E-state index is 5.59. The van der Waals surface area contributed by atoms with E-state index < -0.39 is 0 Å². The van der Waals surface area contributed by atoms with E-state index in [1.165, 1.54) is 0 Å². The predicted octanol–water partition coefficient (Wildman–Crippen LogP) is 3.02. The predicted molar refractivity (Wildman–Crippen MR) is 78.0 cm³/mol. The van der Waals surface area contributed by atoms with Crippen LogP contribution in [-0.4, -0.2) is 23.6 Å². The third-order valence-corrected chi connectivity index (χ3v) is 2.91. The van der Waals surface area contributed by atoms with Gasteiger partial charge in [-0.05, 0) is 31.4 Å². The summed E-state index contributed by atoms with van der Waals surface area (Å²) in [6.45, 7) is 12.4. The molecular weight excluding hydrogens is 238 g/mol. The lowest BCUT2D eigenvalue weighted by molar-refractivity contribution is 0.00838. The van der Waals surface area contributed by atoms with Gasteiger partial charge in [0.25, 0.3) is 0 Å². The second kappa shape index (κ2) is 6.96. The van der Waals surface area contributed by atoms with Crippen LogP contribution in [0.3, 0.4) is 0 Å². The highest BCUT2D eigenvalue weighted by Crippen LogP contribution is 2.33. The number of ether oxygens (including phenoxy) is 1. The van der Waals surface area contributed by atoms with Crippen LogP contribution in [0.1, 0.15) is 57.4 Å². The number of hydrogen-bond donors (Lipinski definition) is 1. The Hall–Kier alpha value is -1.00. The van der Waals surface area contributed by atoms with Gasteiger partial charge in [0.1, 0.15) is 6.10 Å². The number of aromatic nitrogens is 2. The molecule has 108 valence electrons. The summed E-state index contributed by atoms with van der Waals surface area (Å²) < 4.78 is 5.59. The van der Waals surface area contributed by atoms with Crippen molar-refractivity contribution in [1.29, 1.82) is 0 Å². The first kappa shape index (κ1) is 16.1. The average molecular weight is 265 g/mol. The minimum Gasteiger partial charge on any atom is -0.373 e. The van der Waals surface area contributed by atoms with E-state index in [2.05, 4.69) is 43.0 Å². The number of nitrogens with one attached hydrogen (secondary N) is 1. The van der Waals surface area contributed by atoms with Crippen LogP contribution >= 0.6 is 0 Å². The SMILES string of the molecule is CCCNCc1cc(C)nc(C(OC)C(C)(C)C)n1. The van der Waals surface area contributed by atoms with Crippen LogP contribution in [0.4, 0.5) is 0 Å².